The summed E-state index contributed by atoms with van der Waals surface area (Å²) in [6, 6.07) is 6.65. The summed E-state index contributed by atoms with van der Waals surface area (Å²) in [6.45, 7) is 3.73. The van der Waals surface area contributed by atoms with Crippen molar-refractivity contribution in [1.29, 1.82) is 0 Å². The second-order valence-corrected chi connectivity index (χ2v) is 7.35. The van der Waals surface area contributed by atoms with E-state index in [-0.39, 0.29) is 17.3 Å². The molecule has 1 amide bonds. The highest BCUT2D eigenvalue weighted by Crippen LogP contribution is 2.20. The topological polar surface area (TPSA) is 75.3 Å². The number of benzene rings is 1. The lowest BCUT2D eigenvalue weighted by atomic mass is 10.2. The van der Waals surface area contributed by atoms with Crippen molar-refractivity contribution in [2.45, 2.75) is 31.7 Å². The van der Waals surface area contributed by atoms with Crippen LogP contribution in [-0.4, -0.2) is 14.3 Å². The monoisotopic (exact) mass is 338 g/mol. The van der Waals surface area contributed by atoms with Crippen molar-refractivity contribution in [3.05, 3.63) is 46.2 Å². The zero-order valence-electron chi connectivity index (χ0n) is 12.4. The van der Waals surface area contributed by atoms with Crippen molar-refractivity contribution < 1.29 is 13.2 Å². The highest BCUT2D eigenvalue weighted by Gasteiger charge is 2.17. The van der Waals surface area contributed by atoms with E-state index in [1.54, 1.807) is 26.0 Å². The van der Waals surface area contributed by atoms with Crippen LogP contribution in [0, 0.1) is 6.92 Å². The summed E-state index contributed by atoms with van der Waals surface area (Å²) in [7, 11) is -3.58. The van der Waals surface area contributed by atoms with Gasteiger partial charge in [-0.3, -0.25) is 4.79 Å². The minimum absolute atomic E-state index is 0.106. The number of anilines is 1. The molecule has 0 saturated heterocycles. The molecule has 2 aromatic rings. The van der Waals surface area contributed by atoms with Crippen LogP contribution >= 0.6 is 11.3 Å². The maximum atomic E-state index is 12.3. The van der Waals surface area contributed by atoms with Crippen molar-refractivity contribution in [2.24, 2.45) is 0 Å². The summed E-state index contributed by atoms with van der Waals surface area (Å²) in [5, 5.41) is 6.52. The van der Waals surface area contributed by atoms with Crippen LogP contribution in [-0.2, 0) is 21.4 Å². The summed E-state index contributed by atoms with van der Waals surface area (Å²) in [5.74, 6) is -0.106. The molecule has 7 heteroatoms. The Hall–Kier alpha value is -1.70. The number of aryl methyl sites for hydroxylation is 1. The Balaban J connectivity index is 2.15. The van der Waals surface area contributed by atoms with E-state index in [1.807, 2.05) is 16.8 Å². The van der Waals surface area contributed by atoms with Gasteiger partial charge in [-0.05, 0) is 53.1 Å². The number of rotatable bonds is 6. The van der Waals surface area contributed by atoms with Crippen LogP contribution in [0.3, 0.4) is 0 Å². The molecule has 118 valence electrons. The molecule has 0 aliphatic heterocycles. The molecule has 0 bridgehead atoms. The first kappa shape index (κ1) is 16.7. The molecule has 2 N–H and O–H groups in total. The zero-order valence-corrected chi connectivity index (χ0v) is 14.1. The van der Waals surface area contributed by atoms with E-state index >= 15 is 0 Å². The van der Waals surface area contributed by atoms with Gasteiger partial charge in [0.25, 0.3) is 0 Å². The Bertz CT molecular complexity index is 753. The zero-order chi connectivity index (χ0) is 16.2. The van der Waals surface area contributed by atoms with Crippen molar-refractivity contribution in [3.63, 3.8) is 0 Å². The van der Waals surface area contributed by atoms with Gasteiger partial charge < -0.3 is 5.32 Å². The first-order valence-electron chi connectivity index (χ1n) is 6.83. The third-order valence-electron chi connectivity index (χ3n) is 3.12. The molecule has 0 radical (unpaired) electrons. The number of nitrogens with one attached hydrogen (secondary N) is 2. The molecule has 1 aromatic heterocycles. The lowest BCUT2D eigenvalue weighted by molar-refractivity contribution is -0.115. The van der Waals surface area contributed by atoms with E-state index in [0.717, 1.165) is 5.56 Å². The average Bonchev–Trinajstić information content (AvgIpc) is 2.98. The van der Waals surface area contributed by atoms with Gasteiger partial charge in [0.1, 0.15) is 0 Å². The Morgan fingerprint density at radius 1 is 1.27 bits per heavy atom. The smallest absolute Gasteiger partial charge is 0.241 e. The largest absolute Gasteiger partial charge is 0.326 e. The fraction of sp³-hybridized carbons (Fsp3) is 0.267. The van der Waals surface area contributed by atoms with Gasteiger partial charge >= 0.3 is 0 Å². The minimum Gasteiger partial charge on any atom is -0.326 e. The number of carbonyl (C=O) groups is 1. The van der Waals surface area contributed by atoms with Gasteiger partial charge in [-0.2, -0.15) is 11.3 Å². The quantitative estimate of drug-likeness (QED) is 0.850. The first-order chi connectivity index (χ1) is 10.4. The molecule has 22 heavy (non-hydrogen) atoms. The molecular formula is C15H18N2O3S2. The van der Waals surface area contributed by atoms with E-state index in [1.165, 1.54) is 17.4 Å². The predicted octanol–water partition coefficient (Wildman–Crippen LogP) is 2.88. The third kappa shape index (κ3) is 4.16. The number of sulfonamides is 1. The van der Waals surface area contributed by atoms with Gasteiger partial charge in [0, 0.05) is 18.7 Å². The number of hydrogen-bond acceptors (Lipinski definition) is 4. The van der Waals surface area contributed by atoms with Crippen LogP contribution in [0.15, 0.2) is 39.9 Å². The Kier molecular flexibility index (Phi) is 5.33. The normalized spacial score (nSPS) is 11.4. The summed E-state index contributed by atoms with van der Waals surface area (Å²) in [4.78, 5) is 11.6. The second kappa shape index (κ2) is 7.04. The number of amides is 1. The number of thiophene rings is 1. The van der Waals surface area contributed by atoms with Gasteiger partial charge in [0.05, 0.1) is 4.90 Å². The highest BCUT2D eigenvalue weighted by atomic mass is 32.2. The fourth-order valence-electron chi connectivity index (χ4n) is 1.93. The minimum atomic E-state index is -3.58. The molecule has 2 rings (SSSR count). The van der Waals surface area contributed by atoms with E-state index in [9.17, 15) is 13.2 Å². The molecule has 0 aliphatic rings. The predicted molar refractivity (Wildman–Crippen MR) is 88.4 cm³/mol. The van der Waals surface area contributed by atoms with Crippen LogP contribution in [0.25, 0.3) is 0 Å². The highest BCUT2D eigenvalue weighted by molar-refractivity contribution is 7.89. The molecule has 0 aliphatic carbocycles. The number of hydrogen-bond donors (Lipinski definition) is 2. The Morgan fingerprint density at radius 3 is 2.64 bits per heavy atom. The summed E-state index contributed by atoms with van der Waals surface area (Å²) >= 11 is 1.52. The van der Waals surface area contributed by atoms with Crippen molar-refractivity contribution in [3.8, 4) is 0 Å². The van der Waals surface area contributed by atoms with Gasteiger partial charge in [0.15, 0.2) is 0 Å². The second-order valence-electron chi connectivity index (χ2n) is 4.84. The van der Waals surface area contributed by atoms with Crippen molar-refractivity contribution in [1.82, 2.24) is 4.72 Å². The lowest BCUT2D eigenvalue weighted by Gasteiger charge is -2.11. The van der Waals surface area contributed by atoms with Gasteiger partial charge in [0.2, 0.25) is 15.9 Å². The molecule has 0 saturated carbocycles. The molecule has 1 heterocycles. The standard InChI is InChI=1S/C15H18N2O3S2/c1-3-15(18)17-13-4-5-14(11(2)8-13)22(19,20)16-9-12-6-7-21-10-12/h4-8,10,16H,3,9H2,1-2H3,(H,17,18). The van der Waals surface area contributed by atoms with E-state index in [4.69, 9.17) is 0 Å². The SMILES string of the molecule is CCC(=O)Nc1ccc(S(=O)(=O)NCc2ccsc2)c(C)c1. The first-order valence-corrected chi connectivity index (χ1v) is 9.26. The molecule has 0 fully saturated rings. The molecule has 1 aromatic carbocycles. The Labute approximate surface area is 134 Å². The summed E-state index contributed by atoms with van der Waals surface area (Å²) in [5.41, 5.74) is 2.12. The maximum absolute atomic E-state index is 12.3. The van der Waals surface area contributed by atoms with E-state index < -0.39 is 10.0 Å². The van der Waals surface area contributed by atoms with Crippen molar-refractivity contribution >= 4 is 33.0 Å². The molecule has 5 nitrogen and oxygen atoms in total. The fourth-order valence-corrected chi connectivity index (χ4v) is 3.84. The third-order valence-corrected chi connectivity index (χ3v) is 5.41. The van der Waals surface area contributed by atoms with Gasteiger partial charge in [-0.15, -0.1) is 0 Å². The van der Waals surface area contributed by atoms with E-state index in [2.05, 4.69) is 10.0 Å². The summed E-state index contributed by atoms with van der Waals surface area (Å²) < 4.78 is 27.3. The van der Waals surface area contributed by atoms with Crippen molar-refractivity contribution in [2.75, 3.05) is 5.32 Å². The van der Waals surface area contributed by atoms with Gasteiger partial charge in [-0.1, -0.05) is 6.92 Å². The Morgan fingerprint density at radius 2 is 2.05 bits per heavy atom. The molecular weight excluding hydrogens is 320 g/mol. The van der Waals surface area contributed by atoms with Crippen LogP contribution < -0.4 is 10.0 Å². The molecule has 0 atom stereocenters. The van der Waals surface area contributed by atoms with Crippen LogP contribution in [0.2, 0.25) is 0 Å². The van der Waals surface area contributed by atoms with Crippen LogP contribution in [0.1, 0.15) is 24.5 Å². The number of carbonyl (C=O) groups excluding carboxylic acids is 1. The lowest BCUT2D eigenvalue weighted by Crippen LogP contribution is -2.23. The van der Waals surface area contributed by atoms with Crippen LogP contribution in [0.4, 0.5) is 5.69 Å². The summed E-state index contributed by atoms with van der Waals surface area (Å²) in [6.07, 6.45) is 0.376. The maximum Gasteiger partial charge on any atom is 0.241 e. The molecule has 0 unspecified atom stereocenters. The van der Waals surface area contributed by atoms with Gasteiger partial charge in [-0.25, -0.2) is 13.1 Å². The molecule has 0 spiro atoms. The average molecular weight is 338 g/mol. The van der Waals surface area contributed by atoms with E-state index in [0.29, 0.717) is 17.7 Å². The van der Waals surface area contributed by atoms with Crippen LogP contribution in [0.5, 0.6) is 0 Å².